The fourth-order valence-electron chi connectivity index (χ4n) is 1.22. The number of hydrogen-bond acceptors (Lipinski definition) is 2. The molecule has 0 bridgehead atoms. The van der Waals surface area contributed by atoms with Crippen LogP contribution >= 0.6 is 0 Å². The fraction of sp³-hybridized carbons (Fsp3) is 0.778. The van der Waals surface area contributed by atoms with Crippen molar-refractivity contribution in [1.82, 2.24) is 15.0 Å². The third-order valence-corrected chi connectivity index (χ3v) is 1.83. The molecular weight excluding hydrogens is 150 g/mol. The van der Waals surface area contributed by atoms with Crippen LogP contribution in [-0.4, -0.2) is 15.0 Å². The Bertz CT molecular complexity index is 248. The summed E-state index contributed by atoms with van der Waals surface area (Å²) in [6, 6.07) is 0. The highest BCUT2D eigenvalue weighted by Crippen LogP contribution is 2.20. The summed E-state index contributed by atoms with van der Waals surface area (Å²) in [5.41, 5.74) is 2.59. The van der Waals surface area contributed by atoms with Crippen LogP contribution in [0.25, 0.3) is 0 Å². The summed E-state index contributed by atoms with van der Waals surface area (Å²) in [5.74, 6) is 0. The Hall–Kier alpha value is -0.860. The fourth-order valence-corrected chi connectivity index (χ4v) is 1.22. The van der Waals surface area contributed by atoms with Gasteiger partial charge in [-0.3, -0.25) is 4.68 Å². The first-order valence-corrected chi connectivity index (χ1v) is 4.25. The summed E-state index contributed by atoms with van der Waals surface area (Å²) in [6.45, 7) is 8.67. The van der Waals surface area contributed by atoms with Crippen LogP contribution in [-0.2, 0) is 13.5 Å². The van der Waals surface area contributed by atoms with Crippen molar-refractivity contribution < 1.29 is 0 Å². The molecule has 1 heterocycles. The van der Waals surface area contributed by atoms with Gasteiger partial charge in [-0.15, -0.1) is 5.10 Å². The second-order valence-electron chi connectivity index (χ2n) is 4.48. The average molecular weight is 167 g/mol. The Morgan fingerprint density at radius 2 is 1.92 bits per heavy atom. The third-order valence-electron chi connectivity index (χ3n) is 1.83. The third kappa shape index (κ3) is 2.06. The Kier molecular flexibility index (Phi) is 2.22. The van der Waals surface area contributed by atoms with Crippen molar-refractivity contribution in [2.75, 3.05) is 0 Å². The summed E-state index contributed by atoms with van der Waals surface area (Å²) < 4.78 is 1.86. The molecule has 0 atom stereocenters. The van der Waals surface area contributed by atoms with Crippen LogP contribution in [0.3, 0.4) is 0 Å². The number of hydrogen-bond donors (Lipinski definition) is 0. The smallest absolute Gasteiger partial charge is 0.0828 e. The molecule has 1 rings (SSSR count). The number of nitrogens with zero attached hydrogens (tertiary/aromatic N) is 3. The molecule has 0 aliphatic carbocycles. The summed E-state index contributed by atoms with van der Waals surface area (Å²) in [4.78, 5) is 0. The van der Waals surface area contributed by atoms with Gasteiger partial charge in [0.05, 0.1) is 11.4 Å². The van der Waals surface area contributed by atoms with Gasteiger partial charge in [-0.1, -0.05) is 26.0 Å². The lowest BCUT2D eigenvalue weighted by Gasteiger charge is -2.17. The molecule has 3 heteroatoms. The van der Waals surface area contributed by atoms with E-state index in [1.807, 2.05) is 18.7 Å². The van der Waals surface area contributed by atoms with E-state index in [4.69, 9.17) is 0 Å². The van der Waals surface area contributed by atoms with Crippen LogP contribution in [0.4, 0.5) is 0 Å². The van der Waals surface area contributed by atoms with Gasteiger partial charge < -0.3 is 0 Å². The molecule has 0 N–H and O–H groups in total. The Labute approximate surface area is 73.8 Å². The predicted octanol–water partition coefficient (Wildman–Crippen LogP) is 1.71. The molecule has 0 fully saturated rings. The van der Waals surface area contributed by atoms with E-state index in [-0.39, 0.29) is 0 Å². The highest BCUT2D eigenvalue weighted by molar-refractivity contribution is 5.09. The first-order valence-electron chi connectivity index (χ1n) is 4.25. The Balaban J connectivity index is 2.88. The molecule has 0 spiro atoms. The largest absolute Gasteiger partial charge is 0.252 e. The van der Waals surface area contributed by atoms with Crippen LogP contribution < -0.4 is 0 Å². The van der Waals surface area contributed by atoms with Crippen LogP contribution in [0.15, 0.2) is 0 Å². The highest BCUT2D eigenvalue weighted by Gasteiger charge is 2.16. The number of rotatable bonds is 1. The molecule has 0 amide bonds. The average Bonchev–Trinajstić information content (AvgIpc) is 2.16. The standard InChI is InChI=1S/C9H17N3/c1-7-8(6-9(2,3)4)12(5)11-10-7/h6H2,1-5H3. The summed E-state index contributed by atoms with van der Waals surface area (Å²) in [6.07, 6.45) is 1.03. The SMILES string of the molecule is Cc1nnn(C)c1CC(C)(C)C. The van der Waals surface area contributed by atoms with Crippen LogP contribution in [0.5, 0.6) is 0 Å². The second-order valence-corrected chi connectivity index (χ2v) is 4.48. The molecule has 0 saturated carbocycles. The van der Waals surface area contributed by atoms with Crippen molar-refractivity contribution in [3.05, 3.63) is 11.4 Å². The number of aromatic nitrogens is 3. The van der Waals surface area contributed by atoms with E-state index < -0.39 is 0 Å². The summed E-state index contributed by atoms with van der Waals surface area (Å²) in [7, 11) is 1.95. The minimum Gasteiger partial charge on any atom is -0.252 e. The molecule has 12 heavy (non-hydrogen) atoms. The van der Waals surface area contributed by atoms with Gasteiger partial charge in [0.15, 0.2) is 0 Å². The molecule has 3 nitrogen and oxygen atoms in total. The monoisotopic (exact) mass is 167 g/mol. The quantitative estimate of drug-likeness (QED) is 0.637. The van der Waals surface area contributed by atoms with E-state index in [2.05, 4.69) is 31.1 Å². The zero-order valence-corrected chi connectivity index (χ0v) is 8.55. The molecule has 0 radical (unpaired) electrons. The van der Waals surface area contributed by atoms with E-state index in [1.165, 1.54) is 5.69 Å². The second kappa shape index (κ2) is 2.88. The van der Waals surface area contributed by atoms with Gasteiger partial charge in [-0.2, -0.15) is 0 Å². The van der Waals surface area contributed by atoms with Gasteiger partial charge in [-0.25, -0.2) is 0 Å². The van der Waals surface area contributed by atoms with E-state index in [0.29, 0.717) is 5.41 Å². The van der Waals surface area contributed by atoms with Crippen LogP contribution in [0.2, 0.25) is 0 Å². The lowest BCUT2D eigenvalue weighted by molar-refractivity contribution is 0.397. The van der Waals surface area contributed by atoms with Gasteiger partial charge in [0.2, 0.25) is 0 Å². The maximum atomic E-state index is 4.01. The van der Waals surface area contributed by atoms with Gasteiger partial charge in [0.25, 0.3) is 0 Å². The normalized spacial score (nSPS) is 12.1. The zero-order chi connectivity index (χ0) is 9.35. The first kappa shape index (κ1) is 9.23. The van der Waals surface area contributed by atoms with Crippen molar-refractivity contribution in [3.8, 4) is 0 Å². The van der Waals surface area contributed by atoms with E-state index in [0.717, 1.165) is 12.1 Å². The van der Waals surface area contributed by atoms with E-state index >= 15 is 0 Å². The van der Waals surface area contributed by atoms with Crippen molar-refractivity contribution in [2.24, 2.45) is 12.5 Å². The van der Waals surface area contributed by atoms with Crippen molar-refractivity contribution >= 4 is 0 Å². The highest BCUT2D eigenvalue weighted by atomic mass is 15.4. The summed E-state index contributed by atoms with van der Waals surface area (Å²) in [5, 5.41) is 7.98. The van der Waals surface area contributed by atoms with Crippen LogP contribution in [0.1, 0.15) is 32.2 Å². The molecule has 68 valence electrons. The molecule has 0 unspecified atom stereocenters. The van der Waals surface area contributed by atoms with Gasteiger partial charge in [-0.05, 0) is 18.8 Å². The predicted molar refractivity (Wildman–Crippen MR) is 48.9 cm³/mol. The lowest BCUT2D eigenvalue weighted by atomic mass is 9.90. The van der Waals surface area contributed by atoms with Crippen molar-refractivity contribution in [1.29, 1.82) is 0 Å². The Morgan fingerprint density at radius 3 is 2.25 bits per heavy atom. The van der Waals surface area contributed by atoms with Crippen molar-refractivity contribution in [3.63, 3.8) is 0 Å². The topological polar surface area (TPSA) is 30.7 Å². The zero-order valence-electron chi connectivity index (χ0n) is 8.55. The molecule has 1 aromatic heterocycles. The molecular formula is C9H17N3. The van der Waals surface area contributed by atoms with Crippen LogP contribution in [0, 0.1) is 12.3 Å². The molecule has 0 saturated heterocycles. The lowest BCUT2D eigenvalue weighted by Crippen LogP contribution is -2.13. The van der Waals surface area contributed by atoms with E-state index in [1.54, 1.807) is 0 Å². The molecule has 0 aliphatic heterocycles. The van der Waals surface area contributed by atoms with Gasteiger partial charge in [0, 0.05) is 7.05 Å². The van der Waals surface area contributed by atoms with E-state index in [9.17, 15) is 0 Å². The maximum Gasteiger partial charge on any atom is 0.0828 e. The molecule has 1 aromatic rings. The minimum atomic E-state index is 0.306. The first-order chi connectivity index (χ1) is 5.40. The van der Waals surface area contributed by atoms with Crippen molar-refractivity contribution in [2.45, 2.75) is 34.1 Å². The number of aryl methyl sites for hydroxylation is 2. The summed E-state index contributed by atoms with van der Waals surface area (Å²) >= 11 is 0. The van der Waals surface area contributed by atoms with Gasteiger partial charge >= 0.3 is 0 Å². The molecule has 0 aliphatic rings. The van der Waals surface area contributed by atoms with Gasteiger partial charge in [0.1, 0.15) is 0 Å². The minimum absolute atomic E-state index is 0.306. The molecule has 0 aromatic carbocycles. The Morgan fingerprint density at radius 1 is 1.33 bits per heavy atom. The maximum absolute atomic E-state index is 4.01.